The molecule has 1 fully saturated rings. The lowest BCUT2D eigenvalue weighted by Crippen LogP contribution is -2.60. The Bertz CT molecular complexity index is 556. The number of carboxylic acid groups (broad SMARTS) is 1. The van der Waals surface area contributed by atoms with E-state index in [0.717, 1.165) is 11.8 Å². The van der Waals surface area contributed by atoms with Crippen molar-refractivity contribution in [1.29, 1.82) is 0 Å². The van der Waals surface area contributed by atoms with Crippen molar-refractivity contribution in [2.45, 2.75) is 18.4 Å². The first kappa shape index (κ1) is 15.9. The maximum absolute atomic E-state index is 11.9. The number of carboxylic acids is 1. The van der Waals surface area contributed by atoms with Gasteiger partial charge >= 0.3 is 11.9 Å². The highest BCUT2D eigenvalue weighted by Gasteiger charge is 2.57. The van der Waals surface area contributed by atoms with Gasteiger partial charge in [-0.25, -0.2) is 9.59 Å². The molecule has 0 aromatic rings. The minimum atomic E-state index is -1.21. The van der Waals surface area contributed by atoms with Gasteiger partial charge in [0.25, 0.3) is 0 Å². The van der Waals surface area contributed by atoms with Crippen LogP contribution in [-0.2, 0) is 19.1 Å². The molecule has 114 valence electrons. The van der Waals surface area contributed by atoms with Crippen LogP contribution in [0.3, 0.4) is 0 Å². The van der Waals surface area contributed by atoms with Gasteiger partial charge in [0.2, 0.25) is 5.91 Å². The Labute approximate surface area is 129 Å². The molecule has 2 aliphatic heterocycles. The summed E-state index contributed by atoms with van der Waals surface area (Å²) in [6.07, 6.45) is 0.331. The zero-order valence-corrected chi connectivity index (χ0v) is 12.8. The maximum atomic E-state index is 11.9. The number of aliphatic hydroxyl groups is 1. The fourth-order valence-corrected chi connectivity index (χ4v) is 4.66. The van der Waals surface area contributed by atoms with E-state index in [2.05, 4.69) is 4.74 Å². The van der Waals surface area contributed by atoms with Crippen LogP contribution in [-0.4, -0.2) is 51.5 Å². The van der Waals surface area contributed by atoms with Crippen molar-refractivity contribution in [2.75, 3.05) is 7.11 Å². The van der Waals surface area contributed by atoms with Crippen LogP contribution in [0.2, 0.25) is 0 Å². The summed E-state index contributed by atoms with van der Waals surface area (Å²) < 4.78 is 4.84. The van der Waals surface area contributed by atoms with Gasteiger partial charge in [-0.15, -0.1) is 0 Å². The van der Waals surface area contributed by atoms with Crippen LogP contribution in [0.1, 0.15) is 6.92 Å². The van der Waals surface area contributed by atoms with Gasteiger partial charge in [-0.2, -0.15) is 0 Å². The number of carbonyl (C=O) groups excluding carboxylic acids is 2. The van der Waals surface area contributed by atoms with E-state index in [1.54, 1.807) is 0 Å². The third-order valence-electron chi connectivity index (χ3n) is 3.05. The number of methoxy groups -OCH3 is 1. The minimum absolute atomic E-state index is 0.105. The molecule has 0 radical (unpaired) electrons. The molecule has 21 heavy (non-hydrogen) atoms. The molecular weight excluding hydrogens is 318 g/mol. The highest BCUT2D eigenvalue weighted by Crippen LogP contribution is 2.53. The first-order valence-corrected chi connectivity index (χ1v) is 7.71. The van der Waals surface area contributed by atoms with Crippen molar-refractivity contribution >= 4 is 41.4 Å². The largest absolute Gasteiger partial charge is 0.477 e. The van der Waals surface area contributed by atoms with Crippen molar-refractivity contribution in [3.05, 3.63) is 21.4 Å². The highest BCUT2D eigenvalue weighted by molar-refractivity contribution is 8.24. The van der Waals surface area contributed by atoms with Crippen molar-refractivity contribution in [3.8, 4) is 0 Å². The van der Waals surface area contributed by atoms with Crippen LogP contribution < -0.4 is 0 Å². The molecule has 0 aromatic heterocycles. The molecule has 7 nitrogen and oxygen atoms in total. The molecule has 0 aliphatic carbocycles. The number of ether oxygens (including phenoxy) is 1. The fourth-order valence-electron chi connectivity index (χ4n) is 2.05. The van der Waals surface area contributed by atoms with Crippen LogP contribution in [0.25, 0.3) is 0 Å². The normalized spacial score (nSPS) is 25.9. The first-order valence-electron chi connectivity index (χ1n) is 5.95. The molecule has 0 unspecified atom stereocenters. The van der Waals surface area contributed by atoms with Crippen LogP contribution in [0.4, 0.5) is 0 Å². The molecule has 0 saturated carbocycles. The molecule has 2 N–H and O–H groups in total. The lowest BCUT2D eigenvalue weighted by molar-refractivity contribution is -0.156. The van der Waals surface area contributed by atoms with E-state index >= 15 is 0 Å². The van der Waals surface area contributed by atoms with Crippen LogP contribution >= 0.6 is 23.5 Å². The fraction of sp³-hybridized carbons (Fsp3) is 0.417. The summed E-state index contributed by atoms with van der Waals surface area (Å²) in [6, 6.07) is 0. The molecule has 9 heteroatoms. The molecule has 0 aromatic carbocycles. The Kier molecular flexibility index (Phi) is 4.64. The molecule has 3 atom stereocenters. The zero-order valence-electron chi connectivity index (χ0n) is 11.2. The lowest BCUT2D eigenvalue weighted by Gasteiger charge is -2.43. The number of carbonyl (C=O) groups is 3. The van der Waals surface area contributed by atoms with Crippen LogP contribution in [0.5, 0.6) is 0 Å². The average Bonchev–Trinajstić information content (AvgIpc) is 2.72. The van der Waals surface area contributed by atoms with E-state index < -0.39 is 35.2 Å². The number of rotatable bonds is 5. The molecule has 2 heterocycles. The molecule has 0 bridgehead atoms. The summed E-state index contributed by atoms with van der Waals surface area (Å²) in [5.74, 6) is -2.76. The Morgan fingerprint density at radius 3 is 2.71 bits per heavy atom. The molecule has 1 amide bonds. The van der Waals surface area contributed by atoms with E-state index in [-0.39, 0.29) is 5.70 Å². The number of hydrogen-bond donors (Lipinski definition) is 2. The standard InChI is InChI=1S/C12H13NO6S2/c1-5(14)7-9(16)13-8(11(17)18)12(21-10(7)13)20-4-3-6(15)19-2/h3-5,7,10,14H,1-2H3,(H,17,18)/b4-3-/t5-,7+,10-/m1/s1. The molecule has 2 aliphatic rings. The number of nitrogens with zero attached hydrogens (tertiary/aromatic N) is 1. The van der Waals surface area contributed by atoms with Gasteiger partial charge < -0.3 is 14.9 Å². The monoisotopic (exact) mass is 331 g/mol. The number of aliphatic hydroxyl groups excluding tert-OH is 1. The predicted octanol–water partition coefficient (Wildman–Crippen LogP) is 0.572. The Morgan fingerprint density at radius 1 is 1.52 bits per heavy atom. The number of aliphatic carboxylic acids is 1. The molecule has 2 rings (SSSR count). The smallest absolute Gasteiger partial charge is 0.354 e. The summed E-state index contributed by atoms with van der Waals surface area (Å²) in [5.41, 5.74) is -0.105. The van der Waals surface area contributed by atoms with E-state index in [9.17, 15) is 24.6 Å². The van der Waals surface area contributed by atoms with Gasteiger partial charge in [0.15, 0.2) is 5.70 Å². The quantitative estimate of drug-likeness (QED) is 0.428. The van der Waals surface area contributed by atoms with Gasteiger partial charge in [-0.05, 0) is 12.3 Å². The van der Waals surface area contributed by atoms with Gasteiger partial charge in [-0.1, -0.05) is 23.5 Å². The second-order valence-electron chi connectivity index (χ2n) is 4.37. The second kappa shape index (κ2) is 6.12. The van der Waals surface area contributed by atoms with Gasteiger partial charge in [0.1, 0.15) is 5.37 Å². The second-order valence-corrected chi connectivity index (χ2v) is 6.67. The van der Waals surface area contributed by atoms with Crippen molar-refractivity contribution < 1.29 is 29.3 Å². The third kappa shape index (κ3) is 2.81. The number of hydrogen-bond acceptors (Lipinski definition) is 7. The number of thioether (sulfide) groups is 2. The van der Waals surface area contributed by atoms with E-state index in [1.807, 2.05) is 0 Å². The summed E-state index contributed by atoms with van der Waals surface area (Å²) in [6.45, 7) is 1.50. The average molecular weight is 331 g/mol. The highest BCUT2D eigenvalue weighted by atomic mass is 32.2. The van der Waals surface area contributed by atoms with Crippen molar-refractivity contribution in [1.82, 2.24) is 4.90 Å². The predicted molar refractivity (Wildman–Crippen MR) is 76.8 cm³/mol. The first-order chi connectivity index (χ1) is 9.88. The Balaban J connectivity index is 2.17. The number of amides is 1. The van der Waals surface area contributed by atoms with E-state index in [4.69, 9.17) is 0 Å². The van der Waals surface area contributed by atoms with E-state index in [0.29, 0.717) is 4.24 Å². The summed E-state index contributed by atoms with van der Waals surface area (Å²) in [4.78, 5) is 35.4. The van der Waals surface area contributed by atoms with Crippen LogP contribution in [0, 0.1) is 5.92 Å². The minimum Gasteiger partial charge on any atom is -0.477 e. The topological polar surface area (TPSA) is 104 Å². The Morgan fingerprint density at radius 2 is 2.19 bits per heavy atom. The SMILES string of the molecule is COC(=O)/C=C\SC1=C(C(=O)O)N2C(=O)[C@H]([C@@H](C)O)[C@H]2S1. The van der Waals surface area contributed by atoms with E-state index in [1.165, 1.54) is 42.2 Å². The van der Waals surface area contributed by atoms with Gasteiger partial charge in [-0.3, -0.25) is 9.69 Å². The van der Waals surface area contributed by atoms with Crippen molar-refractivity contribution in [2.24, 2.45) is 5.92 Å². The maximum Gasteiger partial charge on any atom is 0.354 e. The molecule has 1 saturated heterocycles. The molecular formula is C12H13NO6S2. The third-order valence-corrected chi connectivity index (χ3v) is 5.46. The number of esters is 1. The van der Waals surface area contributed by atoms with Crippen molar-refractivity contribution in [3.63, 3.8) is 0 Å². The van der Waals surface area contributed by atoms with Gasteiger partial charge in [0.05, 0.1) is 23.4 Å². The van der Waals surface area contributed by atoms with Crippen LogP contribution in [0.15, 0.2) is 21.4 Å². The summed E-state index contributed by atoms with van der Waals surface area (Å²) in [5, 5.41) is 19.8. The number of β-lactam (4-membered cyclic amide) rings is 1. The zero-order chi connectivity index (χ0) is 15.7. The lowest BCUT2D eigenvalue weighted by atomic mass is 9.92. The van der Waals surface area contributed by atoms with Gasteiger partial charge in [0, 0.05) is 6.08 Å². The Hall–Kier alpha value is -1.45. The summed E-state index contributed by atoms with van der Waals surface area (Å²) in [7, 11) is 1.24. The summed E-state index contributed by atoms with van der Waals surface area (Å²) >= 11 is 2.23. The molecule has 0 spiro atoms. The number of fused-ring (bicyclic) bond motifs is 1.